The van der Waals surface area contributed by atoms with E-state index in [4.69, 9.17) is 11.6 Å². The van der Waals surface area contributed by atoms with Gasteiger partial charge in [-0.05, 0) is 18.4 Å². The number of anilines is 1. The number of nitrogens with zero attached hydrogens (tertiary/aromatic N) is 1. The van der Waals surface area contributed by atoms with Crippen molar-refractivity contribution in [1.82, 2.24) is 0 Å². The average Bonchev–Trinajstić information content (AvgIpc) is 2.27. The van der Waals surface area contributed by atoms with Crippen LogP contribution in [0.3, 0.4) is 0 Å². The van der Waals surface area contributed by atoms with Crippen LogP contribution in [0.5, 0.6) is 0 Å². The lowest BCUT2D eigenvalue weighted by Gasteiger charge is -2.13. The van der Waals surface area contributed by atoms with Gasteiger partial charge in [0.2, 0.25) is 0 Å². The molecule has 0 aliphatic rings. The topological polar surface area (TPSA) is 55.2 Å². The number of halogens is 1. The summed E-state index contributed by atoms with van der Waals surface area (Å²) in [6, 6.07) is 4.48. The highest BCUT2D eigenvalue weighted by molar-refractivity contribution is 6.33. The molecule has 94 valence electrons. The van der Waals surface area contributed by atoms with Crippen LogP contribution in [0.4, 0.5) is 11.4 Å². The van der Waals surface area contributed by atoms with Gasteiger partial charge >= 0.3 is 0 Å². The molecule has 1 N–H and O–H groups in total. The summed E-state index contributed by atoms with van der Waals surface area (Å²) in [6.45, 7) is 5.14. The number of non-ortho nitro benzene ring substituents is 1. The second kappa shape index (κ2) is 6.45. The monoisotopic (exact) mass is 256 g/mol. The average molecular weight is 257 g/mol. The molecule has 0 spiro atoms. The molecule has 5 heteroatoms. The van der Waals surface area contributed by atoms with Gasteiger partial charge < -0.3 is 5.32 Å². The van der Waals surface area contributed by atoms with Crippen molar-refractivity contribution in [3.8, 4) is 0 Å². The van der Waals surface area contributed by atoms with Crippen LogP contribution < -0.4 is 5.32 Å². The lowest BCUT2D eigenvalue weighted by atomic mass is 10.1. The van der Waals surface area contributed by atoms with Gasteiger partial charge in [-0.2, -0.15) is 0 Å². The number of benzene rings is 1. The number of nitrogens with one attached hydrogen (secondary N) is 1. The zero-order chi connectivity index (χ0) is 12.8. The van der Waals surface area contributed by atoms with Gasteiger partial charge in [-0.3, -0.25) is 10.1 Å². The third kappa shape index (κ3) is 4.23. The van der Waals surface area contributed by atoms with Gasteiger partial charge in [-0.25, -0.2) is 0 Å². The van der Waals surface area contributed by atoms with E-state index in [1.54, 1.807) is 6.07 Å². The maximum Gasteiger partial charge on any atom is 0.271 e. The van der Waals surface area contributed by atoms with Gasteiger partial charge in [0.25, 0.3) is 5.69 Å². The van der Waals surface area contributed by atoms with Crippen molar-refractivity contribution >= 4 is 23.0 Å². The molecule has 0 amide bonds. The lowest BCUT2D eigenvalue weighted by molar-refractivity contribution is -0.384. The number of hydrogen-bond acceptors (Lipinski definition) is 3. The fraction of sp³-hybridized carbons (Fsp3) is 0.500. The van der Waals surface area contributed by atoms with Gasteiger partial charge in [0, 0.05) is 18.7 Å². The number of nitro benzene ring substituents is 1. The molecule has 0 aliphatic carbocycles. The van der Waals surface area contributed by atoms with Crippen LogP contribution in [0.25, 0.3) is 0 Å². The molecule has 0 radical (unpaired) electrons. The first kappa shape index (κ1) is 13.8. The molecular formula is C12H17ClN2O2. The first-order valence-corrected chi connectivity index (χ1v) is 6.10. The van der Waals surface area contributed by atoms with Crippen molar-refractivity contribution in [2.45, 2.75) is 26.7 Å². The Hall–Kier alpha value is -1.29. The standard InChI is InChI=1S/C12H17ClN2O2/c1-3-4-9(2)8-14-12-6-5-10(15(16)17)7-11(12)13/h5-7,9,14H,3-4,8H2,1-2H3. The molecule has 0 aromatic heterocycles. The van der Waals surface area contributed by atoms with E-state index in [9.17, 15) is 10.1 Å². The fourth-order valence-corrected chi connectivity index (χ4v) is 1.88. The second-order valence-electron chi connectivity index (χ2n) is 4.20. The summed E-state index contributed by atoms with van der Waals surface area (Å²) in [4.78, 5) is 10.1. The molecule has 0 fully saturated rings. The summed E-state index contributed by atoms with van der Waals surface area (Å²) in [5.74, 6) is 0.561. The van der Waals surface area contributed by atoms with Gasteiger partial charge in [-0.15, -0.1) is 0 Å². The van der Waals surface area contributed by atoms with Gasteiger partial charge in [0.05, 0.1) is 15.6 Å². The highest BCUT2D eigenvalue weighted by Crippen LogP contribution is 2.26. The first-order chi connectivity index (χ1) is 8.04. The first-order valence-electron chi connectivity index (χ1n) is 5.72. The zero-order valence-electron chi connectivity index (χ0n) is 10.1. The zero-order valence-corrected chi connectivity index (χ0v) is 10.8. The maximum atomic E-state index is 10.5. The number of nitro groups is 1. The number of hydrogen-bond donors (Lipinski definition) is 1. The van der Waals surface area contributed by atoms with Crippen molar-refractivity contribution in [3.63, 3.8) is 0 Å². The SMILES string of the molecule is CCCC(C)CNc1ccc([N+](=O)[O-])cc1Cl. The van der Waals surface area contributed by atoms with E-state index in [0.717, 1.165) is 25.1 Å². The van der Waals surface area contributed by atoms with E-state index < -0.39 is 4.92 Å². The van der Waals surface area contributed by atoms with Crippen LogP contribution in [-0.2, 0) is 0 Å². The van der Waals surface area contributed by atoms with Gasteiger partial charge in [0.15, 0.2) is 0 Å². The van der Waals surface area contributed by atoms with Crippen molar-refractivity contribution in [2.75, 3.05) is 11.9 Å². The third-order valence-electron chi connectivity index (χ3n) is 2.59. The molecule has 0 heterocycles. The minimum Gasteiger partial charge on any atom is -0.384 e. The van der Waals surface area contributed by atoms with Crippen molar-refractivity contribution in [2.24, 2.45) is 5.92 Å². The Labute approximate surface area is 106 Å². The van der Waals surface area contributed by atoms with Crippen LogP contribution in [0.2, 0.25) is 5.02 Å². The Morgan fingerprint density at radius 1 is 1.53 bits per heavy atom. The van der Waals surface area contributed by atoms with Crippen molar-refractivity contribution in [1.29, 1.82) is 0 Å². The molecule has 1 aromatic rings. The smallest absolute Gasteiger partial charge is 0.271 e. The fourth-order valence-electron chi connectivity index (χ4n) is 1.64. The summed E-state index contributed by atoms with van der Waals surface area (Å²) >= 11 is 5.97. The van der Waals surface area contributed by atoms with Crippen LogP contribution in [0.15, 0.2) is 18.2 Å². The van der Waals surface area contributed by atoms with E-state index in [-0.39, 0.29) is 5.69 Å². The molecule has 17 heavy (non-hydrogen) atoms. The predicted octanol–water partition coefficient (Wildman–Crippen LogP) is 4.10. The third-order valence-corrected chi connectivity index (χ3v) is 2.90. The molecule has 1 unspecified atom stereocenters. The summed E-state index contributed by atoms with van der Waals surface area (Å²) in [5.41, 5.74) is 0.766. The summed E-state index contributed by atoms with van der Waals surface area (Å²) in [7, 11) is 0. The molecule has 1 aromatic carbocycles. The van der Waals surface area contributed by atoms with Crippen LogP contribution in [-0.4, -0.2) is 11.5 Å². The van der Waals surface area contributed by atoms with E-state index in [1.807, 2.05) is 0 Å². The van der Waals surface area contributed by atoms with Gasteiger partial charge in [-0.1, -0.05) is 31.9 Å². The largest absolute Gasteiger partial charge is 0.384 e. The molecular weight excluding hydrogens is 240 g/mol. The van der Waals surface area contributed by atoms with Crippen molar-refractivity contribution in [3.05, 3.63) is 33.3 Å². The Kier molecular flexibility index (Phi) is 5.22. The Bertz CT molecular complexity index is 396. The second-order valence-corrected chi connectivity index (χ2v) is 4.60. The molecule has 1 rings (SSSR count). The summed E-state index contributed by atoms with van der Waals surface area (Å²) in [5, 5.41) is 14.1. The van der Waals surface area contributed by atoms with E-state index >= 15 is 0 Å². The highest BCUT2D eigenvalue weighted by atomic mass is 35.5. The van der Waals surface area contributed by atoms with Crippen molar-refractivity contribution < 1.29 is 4.92 Å². The Morgan fingerprint density at radius 2 is 2.24 bits per heavy atom. The highest BCUT2D eigenvalue weighted by Gasteiger charge is 2.09. The van der Waals surface area contributed by atoms with Gasteiger partial charge in [0.1, 0.15) is 0 Å². The normalized spacial score (nSPS) is 12.2. The van der Waals surface area contributed by atoms with Crippen LogP contribution in [0, 0.1) is 16.0 Å². The van der Waals surface area contributed by atoms with Crippen LogP contribution in [0.1, 0.15) is 26.7 Å². The summed E-state index contributed by atoms with van der Waals surface area (Å²) in [6.07, 6.45) is 2.30. The molecule has 0 aliphatic heterocycles. The van der Waals surface area contributed by atoms with E-state index in [2.05, 4.69) is 19.2 Å². The molecule has 0 bridgehead atoms. The lowest BCUT2D eigenvalue weighted by Crippen LogP contribution is -2.11. The Morgan fingerprint density at radius 3 is 2.76 bits per heavy atom. The minimum absolute atomic E-state index is 0.0159. The molecule has 0 saturated carbocycles. The predicted molar refractivity (Wildman–Crippen MR) is 70.7 cm³/mol. The van der Waals surface area contributed by atoms with E-state index in [1.165, 1.54) is 12.1 Å². The molecule has 0 saturated heterocycles. The molecule has 4 nitrogen and oxygen atoms in total. The maximum absolute atomic E-state index is 10.5. The van der Waals surface area contributed by atoms with Crippen LogP contribution >= 0.6 is 11.6 Å². The summed E-state index contributed by atoms with van der Waals surface area (Å²) < 4.78 is 0. The minimum atomic E-state index is -0.449. The molecule has 1 atom stereocenters. The van der Waals surface area contributed by atoms with E-state index in [0.29, 0.717) is 10.9 Å². The quantitative estimate of drug-likeness (QED) is 0.616. The Balaban J connectivity index is 2.63. The number of rotatable bonds is 6.